The van der Waals surface area contributed by atoms with Crippen LogP contribution < -0.4 is 10.5 Å². The van der Waals surface area contributed by atoms with E-state index in [2.05, 4.69) is 48.6 Å². The molecule has 0 fully saturated rings. The lowest BCUT2D eigenvalue weighted by atomic mass is 9.86. The zero-order valence-electron chi connectivity index (χ0n) is 12.8. The second-order valence-corrected chi connectivity index (χ2v) is 5.72. The summed E-state index contributed by atoms with van der Waals surface area (Å²) in [6.45, 7) is 0. The van der Waals surface area contributed by atoms with Gasteiger partial charge in [-0.25, -0.2) is 0 Å². The van der Waals surface area contributed by atoms with Crippen LogP contribution in [0, 0.1) is 5.92 Å². The van der Waals surface area contributed by atoms with Crippen LogP contribution in [0.4, 0.5) is 0 Å². The van der Waals surface area contributed by atoms with Crippen molar-refractivity contribution < 1.29 is 4.74 Å². The molecular weight excluding hydrogens is 270 g/mol. The van der Waals surface area contributed by atoms with Crippen LogP contribution in [-0.4, -0.2) is 7.11 Å². The van der Waals surface area contributed by atoms with E-state index >= 15 is 0 Å². The van der Waals surface area contributed by atoms with Gasteiger partial charge in [0, 0.05) is 5.70 Å². The van der Waals surface area contributed by atoms with Gasteiger partial charge in [0.05, 0.1) is 7.11 Å². The van der Waals surface area contributed by atoms with Crippen LogP contribution in [0.15, 0.2) is 72.4 Å². The molecule has 1 aliphatic rings. The van der Waals surface area contributed by atoms with Crippen molar-refractivity contribution in [3.63, 3.8) is 0 Å². The van der Waals surface area contributed by atoms with E-state index < -0.39 is 0 Å². The first-order valence-corrected chi connectivity index (χ1v) is 7.61. The van der Waals surface area contributed by atoms with Crippen LogP contribution in [0.5, 0.6) is 5.75 Å². The van der Waals surface area contributed by atoms with E-state index in [1.165, 1.54) is 16.7 Å². The van der Waals surface area contributed by atoms with Crippen molar-refractivity contribution in [1.29, 1.82) is 0 Å². The van der Waals surface area contributed by atoms with Crippen molar-refractivity contribution in [2.24, 2.45) is 11.7 Å². The third kappa shape index (κ3) is 3.40. The smallest absolute Gasteiger partial charge is 0.118 e. The van der Waals surface area contributed by atoms with Crippen molar-refractivity contribution in [1.82, 2.24) is 0 Å². The van der Waals surface area contributed by atoms with Gasteiger partial charge in [0.1, 0.15) is 5.75 Å². The minimum absolute atomic E-state index is 0.439. The van der Waals surface area contributed by atoms with Crippen molar-refractivity contribution in [2.45, 2.75) is 12.8 Å². The fraction of sp³-hybridized carbons (Fsp3) is 0.200. The predicted octanol–water partition coefficient (Wildman–Crippen LogP) is 4.18. The molecule has 0 saturated heterocycles. The van der Waals surface area contributed by atoms with Crippen LogP contribution in [0.3, 0.4) is 0 Å². The Hall–Kier alpha value is -2.48. The first kappa shape index (κ1) is 14.5. The summed E-state index contributed by atoms with van der Waals surface area (Å²) in [5, 5.41) is 0. The van der Waals surface area contributed by atoms with Crippen molar-refractivity contribution >= 4 is 5.57 Å². The molecule has 0 amide bonds. The van der Waals surface area contributed by atoms with E-state index in [4.69, 9.17) is 10.5 Å². The molecule has 2 heteroatoms. The lowest BCUT2D eigenvalue weighted by Gasteiger charge is -2.20. The minimum atomic E-state index is 0.439. The lowest BCUT2D eigenvalue weighted by molar-refractivity contribution is 0.414. The normalized spacial score (nSPS) is 17.6. The van der Waals surface area contributed by atoms with Gasteiger partial charge in [-0.05, 0) is 53.7 Å². The van der Waals surface area contributed by atoms with Crippen LogP contribution in [-0.2, 0) is 6.42 Å². The summed E-state index contributed by atoms with van der Waals surface area (Å²) < 4.78 is 5.21. The van der Waals surface area contributed by atoms with Crippen LogP contribution >= 0.6 is 0 Å². The molecule has 22 heavy (non-hydrogen) atoms. The number of hydrogen-bond acceptors (Lipinski definition) is 2. The van der Waals surface area contributed by atoms with Gasteiger partial charge in [0.2, 0.25) is 0 Å². The van der Waals surface area contributed by atoms with Gasteiger partial charge >= 0.3 is 0 Å². The largest absolute Gasteiger partial charge is 0.497 e. The Morgan fingerprint density at radius 2 is 1.77 bits per heavy atom. The Morgan fingerprint density at radius 3 is 2.45 bits per heavy atom. The quantitative estimate of drug-likeness (QED) is 0.917. The Balaban J connectivity index is 1.79. The molecule has 0 aromatic heterocycles. The van der Waals surface area contributed by atoms with Gasteiger partial charge in [-0.2, -0.15) is 0 Å². The Morgan fingerprint density at radius 1 is 1.05 bits per heavy atom. The molecule has 0 bridgehead atoms. The first-order chi connectivity index (χ1) is 10.7. The highest BCUT2D eigenvalue weighted by molar-refractivity contribution is 5.75. The maximum Gasteiger partial charge on any atom is 0.118 e. The maximum absolute atomic E-state index is 6.15. The molecule has 0 heterocycles. The van der Waals surface area contributed by atoms with Gasteiger partial charge in [0.25, 0.3) is 0 Å². The maximum atomic E-state index is 6.15. The molecule has 1 aliphatic carbocycles. The minimum Gasteiger partial charge on any atom is -0.497 e. The molecule has 3 rings (SSSR count). The monoisotopic (exact) mass is 291 g/mol. The molecule has 2 aromatic carbocycles. The van der Waals surface area contributed by atoms with Gasteiger partial charge in [-0.1, -0.05) is 48.5 Å². The first-order valence-electron chi connectivity index (χ1n) is 7.61. The highest BCUT2D eigenvalue weighted by Gasteiger charge is 2.15. The van der Waals surface area contributed by atoms with Crippen LogP contribution in [0.25, 0.3) is 5.57 Å². The van der Waals surface area contributed by atoms with E-state index in [0.29, 0.717) is 5.92 Å². The Labute approximate surface area is 131 Å². The lowest BCUT2D eigenvalue weighted by Crippen LogP contribution is -2.12. The average molecular weight is 291 g/mol. The molecule has 1 unspecified atom stereocenters. The van der Waals surface area contributed by atoms with Crippen molar-refractivity contribution in [3.8, 4) is 5.75 Å². The topological polar surface area (TPSA) is 35.2 Å². The van der Waals surface area contributed by atoms with Crippen molar-refractivity contribution in [3.05, 3.63) is 83.6 Å². The molecule has 0 saturated carbocycles. The molecule has 2 N–H and O–H groups in total. The number of allylic oxidation sites excluding steroid dienone is 4. The van der Waals surface area contributed by atoms with E-state index in [0.717, 1.165) is 24.3 Å². The summed E-state index contributed by atoms with van der Waals surface area (Å²) >= 11 is 0. The number of ether oxygens (including phenoxy) is 1. The number of benzene rings is 2. The zero-order valence-corrected chi connectivity index (χ0v) is 12.8. The van der Waals surface area contributed by atoms with Gasteiger partial charge in [0.15, 0.2) is 0 Å². The van der Waals surface area contributed by atoms with Crippen LogP contribution in [0.2, 0.25) is 0 Å². The summed E-state index contributed by atoms with van der Waals surface area (Å²) in [4.78, 5) is 0. The molecule has 2 nitrogen and oxygen atoms in total. The third-order valence-electron chi connectivity index (χ3n) is 4.02. The van der Waals surface area contributed by atoms with Crippen LogP contribution in [0.1, 0.15) is 17.5 Å². The fourth-order valence-corrected chi connectivity index (χ4v) is 2.93. The highest BCUT2D eigenvalue weighted by atomic mass is 16.5. The second kappa shape index (κ2) is 6.52. The van der Waals surface area contributed by atoms with E-state index in [1.807, 2.05) is 18.2 Å². The SMILES string of the molecule is COc1ccc(CC2C=C(c3ccccc3)C=C(N)C2)cc1. The van der Waals surface area contributed by atoms with E-state index in [-0.39, 0.29) is 0 Å². The molecular formula is C20H21NO. The number of methoxy groups -OCH3 is 1. The summed E-state index contributed by atoms with van der Waals surface area (Å²) in [5.41, 5.74) is 10.9. The van der Waals surface area contributed by atoms with Gasteiger partial charge in [-0.15, -0.1) is 0 Å². The number of hydrogen-bond donors (Lipinski definition) is 1. The predicted molar refractivity (Wildman–Crippen MR) is 91.5 cm³/mol. The molecule has 2 aromatic rings. The number of rotatable bonds is 4. The summed E-state index contributed by atoms with van der Waals surface area (Å²) in [6.07, 6.45) is 6.35. The van der Waals surface area contributed by atoms with Gasteiger partial charge in [-0.3, -0.25) is 0 Å². The molecule has 0 aliphatic heterocycles. The molecule has 0 spiro atoms. The summed E-state index contributed by atoms with van der Waals surface area (Å²) in [6, 6.07) is 18.7. The zero-order chi connectivity index (χ0) is 15.4. The van der Waals surface area contributed by atoms with E-state index in [9.17, 15) is 0 Å². The summed E-state index contributed by atoms with van der Waals surface area (Å²) in [5.74, 6) is 1.33. The molecule has 1 atom stereocenters. The molecule has 112 valence electrons. The van der Waals surface area contributed by atoms with Gasteiger partial charge < -0.3 is 10.5 Å². The van der Waals surface area contributed by atoms with E-state index in [1.54, 1.807) is 7.11 Å². The fourth-order valence-electron chi connectivity index (χ4n) is 2.93. The average Bonchev–Trinajstić information content (AvgIpc) is 2.56. The van der Waals surface area contributed by atoms with Crippen molar-refractivity contribution in [2.75, 3.05) is 7.11 Å². The Bertz CT molecular complexity index is 683. The highest BCUT2D eigenvalue weighted by Crippen LogP contribution is 2.29. The number of nitrogens with two attached hydrogens (primary N) is 1. The standard InChI is InChI=1S/C20H21NO/c1-22-20-9-7-15(8-10-20)11-16-12-18(14-19(21)13-16)17-5-3-2-4-6-17/h2-10,12,14,16H,11,13,21H2,1H3. The second-order valence-electron chi connectivity index (χ2n) is 5.72. The summed E-state index contributed by atoms with van der Waals surface area (Å²) in [7, 11) is 1.69. The Kier molecular flexibility index (Phi) is 4.29. The molecule has 0 radical (unpaired) electrons. The third-order valence-corrected chi connectivity index (χ3v) is 4.02.